The first-order valence-electron chi connectivity index (χ1n) is 4.64. The third-order valence-corrected chi connectivity index (χ3v) is 2.08. The van der Waals surface area contributed by atoms with Gasteiger partial charge in [-0.25, -0.2) is 4.79 Å². The molecule has 0 amide bonds. The van der Waals surface area contributed by atoms with E-state index in [0.717, 1.165) is 4.57 Å². The van der Waals surface area contributed by atoms with Crippen LogP contribution in [-0.2, 0) is 6.54 Å². The SMILES string of the molecule is O=C(Cn1cc(F)c(=O)[nH]c1=O)c1ccco1. The van der Waals surface area contributed by atoms with Crippen LogP contribution in [0.3, 0.4) is 0 Å². The Hall–Kier alpha value is -2.44. The number of hydrogen-bond donors (Lipinski definition) is 1. The second-order valence-electron chi connectivity index (χ2n) is 3.26. The van der Waals surface area contributed by atoms with E-state index in [0.29, 0.717) is 6.20 Å². The molecule has 2 aromatic heterocycles. The van der Waals surface area contributed by atoms with Crippen molar-refractivity contribution in [3.63, 3.8) is 0 Å². The zero-order chi connectivity index (χ0) is 12.4. The highest BCUT2D eigenvalue weighted by atomic mass is 19.1. The van der Waals surface area contributed by atoms with Crippen molar-refractivity contribution in [2.24, 2.45) is 0 Å². The number of nitrogens with zero attached hydrogens (tertiary/aromatic N) is 1. The van der Waals surface area contributed by atoms with Gasteiger partial charge in [0.25, 0.3) is 5.56 Å². The molecule has 0 aliphatic carbocycles. The Morgan fingerprint density at radius 1 is 1.47 bits per heavy atom. The molecular weight excluding hydrogens is 231 g/mol. The first-order valence-corrected chi connectivity index (χ1v) is 4.64. The first-order chi connectivity index (χ1) is 8.08. The number of aromatic nitrogens is 2. The van der Waals surface area contributed by atoms with Crippen LogP contribution in [-0.4, -0.2) is 15.3 Å². The predicted molar refractivity (Wildman–Crippen MR) is 54.3 cm³/mol. The van der Waals surface area contributed by atoms with Crippen LogP contribution < -0.4 is 11.2 Å². The van der Waals surface area contributed by atoms with Crippen molar-refractivity contribution in [1.29, 1.82) is 0 Å². The summed E-state index contributed by atoms with van der Waals surface area (Å²) in [5, 5.41) is 0. The summed E-state index contributed by atoms with van der Waals surface area (Å²) in [4.78, 5) is 35.3. The third-order valence-electron chi connectivity index (χ3n) is 2.08. The minimum absolute atomic E-state index is 0.0588. The number of Topliss-reactive ketones (excluding diaryl/α,β-unsaturated/α-hetero) is 1. The number of aromatic amines is 1. The summed E-state index contributed by atoms with van der Waals surface area (Å²) in [6.07, 6.45) is 1.99. The maximum atomic E-state index is 12.9. The van der Waals surface area contributed by atoms with Gasteiger partial charge in [-0.2, -0.15) is 4.39 Å². The average molecular weight is 238 g/mol. The molecule has 0 saturated heterocycles. The summed E-state index contributed by atoms with van der Waals surface area (Å²) >= 11 is 0. The number of carbonyl (C=O) groups is 1. The largest absolute Gasteiger partial charge is 0.461 e. The van der Waals surface area contributed by atoms with Crippen molar-refractivity contribution in [1.82, 2.24) is 9.55 Å². The lowest BCUT2D eigenvalue weighted by Gasteiger charge is -2.02. The van der Waals surface area contributed by atoms with Gasteiger partial charge in [-0.05, 0) is 12.1 Å². The van der Waals surface area contributed by atoms with Gasteiger partial charge in [0.05, 0.1) is 19.0 Å². The van der Waals surface area contributed by atoms with E-state index in [9.17, 15) is 18.8 Å². The van der Waals surface area contributed by atoms with Crippen LogP contribution in [0.1, 0.15) is 10.6 Å². The fourth-order valence-electron chi connectivity index (χ4n) is 1.27. The Balaban J connectivity index is 2.31. The van der Waals surface area contributed by atoms with Gasteiger partial charge in [0.1, 0.15) is 0 Å². The lowest BCUT2D eigenvalue weighted by molar-refractivity contribution is 0.0942. The number of furan rings is 1. The monoisotopic (exact) mass is 238 g/mol. The minimum Gasteiger partial charge on any atom is -0.461 e. The molecule has 0 aromatic carbocycles. The highest BCUT2D eigenvalue weighted by molar-refractivity contribution is 5.93. The van der Waals surface area contributed by atoms with E-state index in [2.05, 4.69) is 0 Å². The quantitative estimate of drug-likeness (QED) is 0.771. The molecule has 7 heteroatoms. The summed E-state index contributed by atoms with van der Waals surface area (Å²) in [6, 6.07) is 2.94. The summed E-state index contributed by atoms with van der Waals surface area (Å²) < 4.78 is 18.5. The zero-order valence-electron chi connectivity index (χ0n) is 8.47. The Morgan fingerprint density at radius 2 is 2.24 bits per heavy atom. The molecule has 2 heterocycles. The number of nitrogens with one attached hydrogen (secondary N) is 1. The van der Waals surface area contributed by atoms with Crippen molar-refractivity contribution in [2.75, 3.05) is 0 Å². The number of carbonyl (C=O) groups excluding carboxylic acids is 1. The second-order valence-corrected chi connectivity index (χ2v) is 3.26. The Morgan fingerprint density at radius 3 is 2.88 bits per heavy atom. The lowest BCUT2D eigenvalue weighted by atomic mass is 10.3. The van der Waals surface area contributed by atoms with Crippen molar-refractivity contribution < 1.29 is 13.6 Å². The zero-order valence-corrected chi connectivity index (χ0v) is 8.47. The van der Waals surface area contributed by atoms with E-state index >= 15 is 0 Å². The highest BCUT2D eigenvalue weighted by Crippen LogP contribution is 2.02. The molecule has 1 N–H and O–H groups in total. The molecule has 17 heavy (non-hydrogen) atoms. The second kappa shape index (κ2) is 4.20. The minimum atomic E-state index is -1.13. The van der Waals surface area contributed by atoms with E-state index in [1.54, 1.807) is 4.98 Å². The normalized spacial score (nSPS) is 10.4. The summed E-state index contributed by atoms with van der Waals surface area (Å²) in [7, 11) is 0. The molecule has 0 unspecified atom stereocenters. The fourth-order valence-corrected chi connectivity index (χ4v) is 1.27. The van der Waals surface area contributed by atoms with Gasteiger partial charge < -0.3 is 4.42 Å². The van der Waals surface area contributed by atoms with Gasteiger partial charge in [0, 0.05) is 0 Å². The van der Waals surface area contributed by atoms with E-state index in [1.165, 1.54) is 18.4 Å². The summed E-state index contributed by atoms with van der Waals surface area (Å²) in [6.45, 7) is -0.403. The summed E-state index contributed by atoms with van der Waals surface area (Å²) in [5.41, 5.74) is -1.96. The van der Waals surface area contributed by atoms with Gasteiger partial charge in [-0.1, -0.05) is 0 Å². The van der Waals surface area contributed by atoms with Crippen molar-refractivity contribution >= 4 is 5.78 Å². The van der Waals surface area contributed by atoms with Crippen LogP contribution in [0, 0.1) is 5.82 Å². The maximum absolute atomic E-state index is 12.9. The van der Waals surface area contributed by atoms with Gasteiger partial charge in [0.15, 0.2) is 5.76 Å². The molecule has 0 atom stereocenters. The van der Waals surface area contributed by atoms with Crippen LogP contribution in [0.25, 0.3) is 0 Å². The maximum Gasteiger partial charge on any atom is 0.328 e. The Labute approximate surface area is 93.3 Å². The Kier molecular flexibility index (Phi) is 2.73. The molecule has 0 spiro atoms. The number of H-pyrrole nitrogens is 1. The van der Waals surface area contributed by atoms with Gasteiger partial charge in [-0.15, -0.1) is 0 Å². The molecule has 0 aliphatic heterocycles. The standard InChI is InChI=1S/C10H7FN2O4/c11-6-4-13(10(16)12-9(6)15)5-7(14)8-2-1-3-17-8/h1-4H,5H2,(H,12,15,16). The van der Waals surface area contributed by atoms with Crippen LogP contribution in [0.2, 0.25) is 0 Å². The number of hydrogen-bond acceptors (Lipinski definition) is 4. The molecule has 88 valence electrons. The third kappa shape index (κ3) is 2.22. The van der Waals surface area contributed by atoms with Crippen molar-refractivity contribution in [3.05, 3.63) is 57.0 Å². The van der Waals surface area contributed by atoms with E-state index < -0.39 is 29.4 Å². The van der Waals surface area contributed by atoms with Gasteiger partial charge in [0.2, 0.25) is 11.6 Å². The lowest BCUT2D eigenvalue weighted by Crippen LogP contribution is -2.33. The van der Waals surface area contributed by atoms with Crippen LogP contribution >= 0.6 is 0 Å². The predicted octanol–water partition coefficient (Wildman–Crippen LogP) is 0.152. The van der Waals surface area contributed by atoms with Crippen molar-refractivity contribution in [3.8, 4) is 0 Å². The highest BCUT2D eigenvalue weighted by Gasteiger charge is 2.12. The number of halogens is 1. The average Bonchev–Trinajstić information content (AvgIpc) is 2.79. The molecule has 0 fully saturated rings. The van der Waals surface area contributed by atoms with Crippen LogP contribution in [0.15, 0.2) is 38.6 Å². The molecule has 6 nitrogen and oxygen atoms in total. The molecule has 0 bridgehead atoms. The van der Waals surface area contributed by atoms with E-state index in [-0.39, 0.29) is 5.76 Å². The number of ketones is 1. The van der Waals surface area contributed by atoms with Crippen LogP contribution in [0.4, 0.5) is 4.39 Å². The molecular formula is C10H7FN2O4. The molecule has 2 aromatic rings. The van der Waals surface area contributed by atoms with Crippen molar-refractivity contribution in [2.45, 2.75) is 6.54 Å². The number of rotatable bonds is 3. The van der Waals surface area contributed by atoms with E-state index in [1.807, 2.05) is 0 Å². The molecule has 0 radical (unpaired) electrons. The smallest absolute Gasteiger partial charge is 0.328 e. The van der Waals surface area contributed by atoms with Crippen LogP contribution in [0.5, 0.6) is 0 Å². The molecule has 0 saturated carbocycles. The topological polar surface area (TPSA) is 85.1 Å². The molecule has 2 rings (SSSR count). The fraction of sp³-hybridized carbons (Fsp3) is 0.100. The van der Waals surface area contributed by atoms with Gasteiger partial charge >= 0.3 is 5.69 Å². The van der Waals surface area contributed by atoms with E-state index in [4.69, 9.17) is 4.42 Å². The Bertz CT molecular complexity index is 654. The molecule has 0 aliphatic rings. The van der Waals surface area contributed by atoms with Gasteiger partial charge in [-0.3, -0.25) is 19.1 Å². The first kappa shape index (κ1) is 11.1. The summed E-state index contributed by atoms with van der Waals surface area (Å²) in [5.74, 6) is -1.57.